The second kappa shape index (κ2) is 5.18. The molecule has 0 bridgehead atoms. The fraction of sp³-hybridized carbons (Fsp3) is 0.900. The first kappa shape index (κ1) is 9.56. The third-order valence-electron chi connectivity index (χ3n) is 2.28. The average molecular weight is 170 g/mol. The summed E-state index contributed by atoms with van der Waals surface area (Å²) in [6.45, 7) is 2.22. The Bertz CT molecular complexity index is 143. The predicted octanol–water partition coefficient (Wildman–Crippen LogP) is 2.66. The van der Waals surface area contributed by atoms with Crippen molar-refractivity contribution < 1.29 is 9.53 Å². The molecule has 1 fully saturated rings. The van der Waals surface area contributed by atoms with E-state index in [4.69, 9.17) is 4.74 Å². The third kappa shape index (κ3) is 3.74. The van der Waals surface area contributed by atoms with Crippen molar-refractivity contribution in [3.8, 4) is 0 Å². The number of ether oxygens (including phenoxy) is 1. The van der Waals surface area contributed by atoms with Crippen LogP contribution >= 0.6 is 0 Å². The summed E-state index contributed by atoms with van der Waals surface area (Å²) in [5, 5.41) is 0. The summed E-state index contributed by atoms with van der Waals surface area (Å²) in [6, 6.07) is 0. The van der Waals surface area contributed by atoms with Crippen molar-refractivity contribution in [1.82, 2.24) is 0 Å². The van der Waals surface area contributed by atoms with Crippen LogP contribution in [-0.4, -0.2) is 12.1 Å². The van der Waals surface area contributed by atoms with E-state index < -0.39 is 0 Å². The summed E-state index contributed by atoms with van der Waals surface area (Å²) >= 11 is 0. The van der Waals surface area contributed by atoms with Crippen LogP contribution in [0.15, 0.2) is 0 Å². The van der Waals surface area contributed by atoms with E-state index in [2.05, 4.69) is 6.92 Å². The molecule has 1 saturated heterocycles. The minimum atomic E-state index is -0.0174. The molecule has 0 aromatic rings. The van der Waals surface area contributed by atoms with Crippen molar-refractivity contribution in [2.24, 2.45) is 0 Å². The van der Waals surface area contributed by atoms with Crippen LogP contribution in [0.4, 0.5) is 0 Å². The van der Waals surface area contributed by atoms with Gasteiger partial charge < -0.3 is 4.74 Å². The van der Waals surface area contributed by atoms with Crippen LogP contribution in [0.2, 0.25) is 0 Å². The van der Waals surface area contributed by atoms with E-state index in [0.717, 1.165) is 12.8 Å². The topological polar surface area (TPSA) is 29.6 Å². The van der Waals surface area contributed by atoms with Crippen LogP contribution in [0.25, 0.3) is 0 Å². The normalized spacial score (nSPS) is 20.8. The minimum absolute atomic E-state index is 0.00329. The van der Waals surface area contributed by atoms with Crippen LogP contribution in [0.3, 0.4) is 0 Å². The highest BCUT2D eigenvalue weighted by Crippen LogP contribution is 2.19. The van der Waals surface area contributed by atoms with Gasteiger partial charge in [0.2, 0.25) is 0 Å². The maximum atomic E-state index is 10.4. The molecule has 1 unspecified atom stereocenters. The lowest BCUT2D eigenvalue weighted by molar-refractivity contribution is -0.117. The number of cyclic esters (lactones) is 1. The Morgan fingerprint density at radius 1 is 1.17 bits per heavy atom. The molecule has 0 radical (unpaired) electrons. The highest BCUT2D eigenvalue weighted by atomic mass is 16.6. The van der Waals surface area contributed by atoms with Crippen molar-refractivity contribution in [2.75, 3.05) is 0 Å². The van der Waals surface area contributed by atoms with E-state index in [1.165, 1.54) is 32.1 Å². The first-order valence-electron chi connectivity index (χ1n) is 5.05. The van der Waals surface area contributed by atoms with E-state index in [0.29, 0.717) is 0 Å². The van der Waals surface area contributed by atoms with Gasteiger partial charge in [-0.15, -0.1) is 0 Å². The number of hydrogen-bond donors (Lipinski definition) is 0. The third-order valence-corrected chi connectivity index (χ3v) is 2.28. The number of carbonyl (C=O) groups is 1. The monoisotopic (exact) mass is 170 g/mol. The molecule has 1 aliphatic heterocycles. The lowest BCUT2D eigenvalue weighted by Crippen LogP contribution is -1.87. The van der Waals surface area contributed by atoms with Crippen LogP contribution < -0.4 is 0 Å². The summed E-state index contributed by atoms with van der Waals surface area (Å²) in [5.74, 6) is 0.00329. The molecule has 0 saturated carbocycles. The lowest BCUT2D eigenvalue weighted by atomic mass is 10.1. The number of rotatable bonds is 7. The van der Waals surface area contributed by atoms with E-state index in [9.17, 15) is 4.79 Å². The molecular weight excluding hydrogens is 152 g/mol. The Labute approximate surface area is 74.3 Å². The molecule has 2 heteroatoms. The smallest absolute Gasteiger partial charge is 0.348 e. The summed E-state index contributed by atoms with van der Waals surface area (Å²) in [6.07, 6.45) is 8.64. The van der Waals surface area contributed by atoms with Gasteiger partial charge in [0.15, 0.2) is 6.10 Å². The largest absolute Gasteiger partial charge is 0.448 e. The summed E-state index contributed by atoms with van der Waals surface area (Å²) in [7, 11) is 0. The van der Waals surface area contributed by atoms with Gasteiger partial charge in [0.1, 0.15) is 0 Å². The van der Waals surface area contributed by atoms with E-state index in [-0.39, 0.29) is 12.1 Å². The summed E-state index contributed by atoms with van der Waals surface area (Å²) in [4.78, 5) is 10.4. The molecule has 0 aromatic heterocycles. The van der Waals surface area contributed by atoms with Crippen molar-refractivity contribution in [1.29, 1.82) is 0 Å². The first-order chi connectivity index (χ1) is 5.84. The van der Waals surface area contributed by atoms with Gasteiger partial charge in [-0.3, -0.25) is 0 Å². The summed E-state index contributed by atoms with van der Waals surface area (Å²) in [5.41, 5.74) is 0. The molecule has 1 aliphatic rings. The van der Waals surface area contributed by atoms with Crippen molar-refractivity contribution in [3.05, 3.63) is 0 Å². The van der Waals surface area contributed by atoms with Crippen LogP contribution in [0.5, 0.6) is 0 Å². The van der Waals surface area contributed by atoms with E-state index in [1.807, 2.05) is 0 Å². The second-order valence-corrected chi connectivity index (χ2v) is 3.48. The molecule has 0 aromatic carbocycles. The van der Waals surface area contributed by atoms with Gasteiger partial charge in [-0.05, 0) is 12.8 Å². The quantitative estimate of drug-likeness (QED) is 0.434. The number of epoxide rings is 1. The molecule has 12 heavy (non-hydrogen) atoms. The van der Waals surface area contributed by atoms with Gasteiger partial charge in [0.05, 0.1) is 0 Å². The standard InChI is InChI=1S/C10H18O2/c1-2-3-4-5-6-7-8-9-10(11)12-9/h9H,2-8H2,1H3. The zero-order chi connectivity index (χ0) is 8.81. The van der Waals surface area contributed by atoms with E-state index >= 15 is 0 Å². The Morgan fingerprint density at radius 2 is 1.75 bits per heavy atom. The predicted molar refractivity (Wildman–Crippen MR) is 47.9 cm³/mol. The highest BCUT2D eigenvalue weighted by Gasteiger charge is 2.36. The zero-order valence-corrected chi connectivity index (χ0v) is 7.84. The fourth-order valence-electron chi connectivity index (χ4n) is 1.39. The number of hydrogen-bond acceptors (Lipinski definition) is 2. The maximum Gasteiger partial charge on any atom is 0.348 e. The molecule has 0 N–H and O–H groups in total. The second-order valence-electron chi connectivity index (χ2n) is 3.48. The minimum Gasteiger partial charge on any atom is -0.448 e. The van der Waals surface area contributed by atoms with Gasteiger partial charge in [0, 0.05) is 0 Å². The van der Waals surface area contributed by atoms with Gasteiger partial charge in [-0.2, -0.15) is 0 Å². The Hall–Kier alpha value is -0.530. The molecule has 0 amide bonds. The maximum absolute atomic E-state index is 10.4. The molecule has 1 heterocycles. The molecular formula is C10H18O2. The molecule has 0 spiro atoms. The fourth-order valence-corrected chi connectivity index (χ4v) is 1.39. The van der Waals surface area contributed by atoms with Gasteiger partial charge in [-0.1, -0.05) is 39.0 Å². The van der Waals surface area contributed by atoms with Crippen molar-refractivity contribution >= 4 is 5.97 Å². The first-order valence-corrected chi connectivity index (χ1v) is 5.05. The van der Waals surface area contributed by atoms with E-state index in [1.54, 1.807) is 0 Å². The van der Waals surface area contributed by atoms with Crippen molar-refractivity contribution in [3.63, 3.8) is 0 Å². The van der Waals surface area contributed by atoms with Gasteiger partial charge in [-0.25, -0.2) is 4.79 Å². The Morgan fingerprint density at radius 3 is 2.33 bits per heavy atom. The average Bonchev–Trinajstić information content (AvgIpc) is 2.74. The van der Waals surface area contributed by atoms with Gasteiger partial charge in [0.25, 0.3) is 0 Å². The van der Waals surface area contributed by atoms with Crippen molar-refractivity contribution in [2.45, 2.75) is 58.0 Å². The Kier molecular flexibility index (Phi) is 4.12. The van der Waals surface area contributed by atoms with Crippen LogP contribution in [0, 0.1) is 0 Å². The molecule has 2 nitrogen and oxygen atoms in total. The SMILES string of the molecule is CCCCCCCCC1OC1=O. The summed E-state index contributed by atoms with van der Waals surface area (Å²) < 4.78 is 4.71. The number of carbonyl (C=O) groups excluding carboxylic acids is 1. The zero-order valence-electron chi connectivity index (χ0n) is 7.84. The van der Waals surface area contributed by atoms with Crippen LogP contribution in [-0.2, 0) is 9.53 Å². The molecule has 1 rings (SSSR count). The molecule has 0 aliphatic carbocycles. The highest BCUT2D eigenvalue weighted by molar-refractivity contribution is 5.87. The lowest BCUT2D eigenvalue weighted by Gasteiger charge is -1.96. The number of unbranched alkanes of at least 4 members (excludes halogenated alkanes) is 5. The van der Waals surface area contributed by atoms with Crippen LogP contribution in [0.1, 0.15) is 51.9 Å². The van der Waals surface area contributed by atoms with Gasteiger partial charge >= 0.3 is 5.97 Å². The molecule has 1 atom stereocenters. The molecule has 70 valence electrons. The Balaban J connectivity index is 1.74.